The number of hydrogen-bond donors (Lipinski definition) is 2. The van der Waals surface area contributed by atoms with E-state index in [1.165, 1.54) is 16.4 Å². The Balaban J connectivity index is 1.88. The predicted octanol–water partition coefficient (Wildman–Crippen LogP) is 0.500. The first-order chi connectivity index (χ1) is 9.63. The number of aromatic nitrogens is 4. The van der Waals surface area contributed by atoms with Crippen molar-refractivity contribution in [2.75, 3.05) is 0 Å². The van der Waals surface area contributed by atoms with E-state index in [2.05, 4.69) is 31.4 Å². The van der Waals surface area contributed by atoms with Crippen LogP contribution in [-0.2, 0) is 0 Å². The Kier molecular flexibility index (Phi) is 2.65. The summed E-state index contributed by atoms with van der Waals surface area (Å²) in [7, 11) is 0. The van der Waals surface area contributed by atoms with Crippen LogP contribution in [-0.4, -0.2) is 30.2 Å². The summed E-state index contributed by atoms with van der Waals surface area (Å²) in [6.07, 6.45) is 6.10. The van der Waals surface area contributed by atoms with E-state index in [1.54, 1.807) is 6.33 Å². The van der Waals surface area contributed by atoms with Gasteiger partial charge in [0.2, 0.25) is 0 Å². The maximum atomic E-state index is 11.8. The third-order valence-electron chi connectivity index (χ3n) is 4.41. The van der Waals surface area contributed by atoms with Gasteiger partial charge in [0.15, 0.2) is 11.2 Å². The molecule has 2 bridgehead atoms. The van der Waals surface area contributed by atoms with E-state index in [1.807, 2.05) is 4.57 Å². The normalized spacial score (nSPS) is 29.1. The largest absolute Gasteiger partial charge is 0.340 e. The van der Waals surface area contributed by atoms with Gasteiger partial charge in [-0.25, -0.2) is 13.4 Å². The minimum atomic E-state index is -0.471. The summed E-state index contributed by atoms with van der Waals surface area (Å²) < 4.78 is 3.26. The third-order valence-corrected chi connectivity index (χ3v) is 5.07. The lowest BCUT2D eigenvalue weighted by Crippen LogP contribution is -2.39. The second kappa shape index (κ2) is 4.29. The Morgan fingerprint density at radius 1 is 1.25 bits per heavy atom. The molecule has 0 spiro atoms. The van der Waals surface area contributed by atoms with E-state index >= 15 is 0 Å². The molecule has 2 fully saturated rings. The molecule has 8 heteroatoms. The first kappa shape index (κ1) is 12.3. The number of imidazole rings is 1. The monoisotopic (exact) mass is 339 g/mol. The quantitative estimate of drug-likeness (QED) is 0.792. The summed E-state index contributed by atoms with van der Waals surface area (Å²) in [4.78, 5) is 30.0. The SMILES string of the molecule is O=c1[nH]c(=O)n(Br)c2c1ncn2C1CC2CCC(C1)N2. The summed E-state index contributed by atoms with van der Waals surface area (Å²) in [6.45, 7) is 0. The van der Waals surface area contributed by atoms with Gasteiger partial charge >= 0.3 is 5.69 Å². The maximum Gasteiger partial charge on any atom is 0.340 e. The Morgan fingerprint density at radius 2 is 1.95 bits per heavy atom. The van der Waals surface area contributed by atoms with Crippen LogP contribution in [0.1, 0.15) is 31.7 Å². The van der Waals surface area contributed by atoms with Gasteiger partial charge in [-0.05, 0) is 25.7 Å². The van der Waals surface area contributed by atoms with Gasteiger partial charge in [0.05, 0.1) is 22.5 Å². The molecule has 2 aromatic rings. The van der Waals surface area contributed by atoms with Crippen LogP contribution in [0.15, 0.2) is 15.9 Å². The topological polar surface area (TPSA) is 84.7 Å². The van der Waals surface area contributed by atoms with Crippen LogP contribution in [0.3, 0.4) is 0 Å². The summed E-state index contributed by atoms with van der Waals surface area (Å²) in [5.74, 6) is 0. The van der Waals surface area contributed by atoms with Gasteiger partial charge in [0.25, 0.3) is 5.56 Å². The van der Waals surface area contributed by atoms with Gasteiger partial charge < -0.3 is 9.88 Å². The first-order valence-electron chi connectivity index (χ1n) is 6.77. The van der Waals surface area contributed by atoms with Crippen LogP contribution < -0.4 is 16.6 Å². The molecule has 106 valence electrons. The molecule has 2 aromatic heterocycles. The average molecular weight is 340 g/mol. The minimum absolute atomic E-state index is 0.281. The molecule has 2 aliphatic heterocycles. The van der Waals surface area contributed by atoms with E-state index in [4.69, 9.17) is 0 Å². The smallest absolute Gasteiger partial charge is 0.312 e. The highest BCUT2D eigenvalue weighted by atomic mass is 79.9. The molecule has 7 nitrogen and oxygen atoms in total. The molecule has 4 rings (SSSR count). The van der Waals surface area contributed by atoms with E-state index in [9.17, 15) is 9.59 Å². The summed E-state index contributed by atoms with van der Waals surface area (Å²) >= 11 is 3.22. The van der Waals surface area contributed by atoms with E-state index in [0.29, 0.717) is 23.2 Å². The van der Waals surface area contributed by atoms with Crippen molar-refractivity contribution in [1.82, 2.24) is 23.4 Å². The number of aromatic amines is 1. The van der Waals surface area contributed by atoms with Crippen molar-refractivity contribution in [3.8, 4) is 0 Å². The molecular weight excluding hydrogens is 326 g/mol. The van der Waals surface area contributed by atoms with E-state index < -0.39 is 11.2 Å². The van der Waals surface area contributed by atoms with Crippen molar-refractivity contribution >= 4 is 27.3 Å². The predicted molar refractivity (Wildman–Crippen MR) is 77.2 cm³/mol. The van der Waals surface area contributed by atoms with E-state index in [-0.39, 0.29) is 6.04 Å². The molecule has 0 saturated carbocycles. The van der Waals surface area contributed by atoms with Gasteiger partial charge in [0, 0.05) is 18.1 Å². The zero-order valence-electron chi connectivity index (χ0n) is 10.7. The standard InChI is InChI=1S/C12H14BrN5O2/c13-18-11-9(10(19)16-12(18)20)14-5-17(11)8-3-6-1-2-7(4-8)15-6/h5-8,15H,1-4H2,(H,16,19,20). The fourth-order valence-corrected chi connectivity index (χ4v) is 3.97. The summed E-state index contributed by atoms with van der Waals surface area (Å²) in [5.41, 5.74) is -0.0603. The molecule has 0 aliphatic carbocycles. The number of fused-ring (bicyclic) bond motifs is 3. The number of piperidine rings is 1. The Labute approximate surface area is 122 Å². The Bertz CT molecular complexity index is 779. The second-order valence-corrected chi connectivity index (χ2v) is 6.34. The highest BCUT2D eigenvalue weighted by Crippen LogP contribution is 2.35. The zero-order valence-corrected chi connectivity index (χ0v) is 12.3. The summed E-state index contributed by atoms with van der Waals surface area (Å²) in [5, 5.41) is 3.59. The number of nitrogens with one attached hydrogen (secondary N) is 2. The Morgan fingerprint density at radius 3 is 2.65 bits per heavy atom. The summed E-state index contributed by atoms with van der Waals surface area (Å²) in [6, 6.07) is 1.35. The van der Waals surface area contributed by atoms with Crippen LogP contribution in [0, 0.1) is 0 Å². The highest BCUT2D eigenvalue weighted by Gasteiger charge is 2.35. The fraction of sp³-hybridized carbons (Fsp3) is 0.583. The number of rotatable bonds is 1. The van der Waals surface area contributed by atoms with Crippen molar-refractivity contribution in [2.24, 2.45) is 0 Å². The second-order valence-electron chi connectivity index (χ2n) is 5.63. The molecule has 2 unspecified atom stereocenters. The Hall–Kier alpha value is -1.41. The van der Waals surface area contributed by atoms with E-state index in [0.717, 1.165) is 12.8 Å². The van der Waals surface area contributed by atoms with Crippen LogP contribution in [0.4, 0.5) is 0 Å². The number of hydrogen-bond acceptors (Lipinski definition) is 4. The lowest BCUT2D eigenvalue weighted by atomic mass is 10.00. The van der Waals surface area contributed by atoms with Gasteiger partial charge in [0.1, 0.15) is 0 Å². The van der Waals surface area contributed by atoms with Gasteiger partial charge in [-0.3, -0.25) is 9.78 Å². The lowest BCUT2D eigenvalue weighted by Gasteiger charge is -2.30. The molecule has 0 radical (unpaired) electrons. The zero-order chi connectivity index (χ0) is 13.9. The molecule has 0 aromatic carbocycles. The van der Waals surface area contributed by atoms with Crippen molar-refractivity contribution in [2.45, 2.75) is 43.8 Å². The van der Waals surface area contributed by atoms with Crippen LogP contribution in [0.25, 0.3) is 11.2 Å². The molecule has 4 heterocycles. The number of halogens is 1. The van der Waals surface area contributed by atoms with Gasteiger partial charge in [-0.2, -0.15) is 0 Å². The molecule has 2 N–H and O–H groups in total. The molecule has 20 heavy (non-hydrogen) atoms. The molecule has 2 saturated heterocycles. The minimum Gasteiger partial charge on any atom is -0.312 e. The first-order valence-corrected chi connectivity index (χ1v) is 7.48. The maximum absolute atomic E-state index is 11.8. The van der Waals surface area contributed by atoms with Crippen molar-refractivity contribution in [3.63, 3.8) is 0 Å². The lowest BCUT2D eigenvalue weighted by molar-refractivity contribution is 0.302. The third kappa shape index (κ3) is 1.71. The van der Waals surface area contributed by atoms with Crippen molar-refractivity contribution in [1.29, 1.82) is 0 Å². The molecule has 0 amide bonds. The average Bonchev–Trinajstić information content (AvgIpc) is 3.00. The molecular formula is C12H14BrN5O2. The molecule has 2 aliphatic rings. The molecule has 2 atom stereocenters. The van der Waals surface area contributed by atoms with Crippen molar-refractivity contribution < 1.29 is 0 Å². The van der Waals surface area contributed by atoms with Gasteiger partial charge in [-0.15, -0.1) is 0 Å². The van der Waals surface area contributed by atoms with Crippen LogP contribution in [0.2, 0.25) is 0 Å². The number of nitrogens with zero attached hydrogens (tertiary/aromatic N) is 3. The van der Waals surface area contributed by atoms with Crippen molar-refractivity contribution in [3.05, 3.63) is 27.2 Å². The van der Waals surface area contributed by atoms with Crippen LogP contribution in [0.5, 0.6) is 0 Å². The van der Waals surface area contributed by atoms with Gasteiger partial charge in [-0.1, -0.05) is 0 Å². The highest BCUT2D eigenvalue weighted by molar-refractivity contribution is 9.08. The van der Waals surface area contributed by atoms with Crippen LogP contribution >= 0.6 is 16.1 Å². The fourth-order valence-electron chi connectivity index (χ4n) is 3.53. The number of H-pyrrole nitrogens is 1.